The lowest BCUT2D eigenvalue weighted by Crippen LogP contribution is -2.32. The second-order valence-corrected chi connectivity index (χ2v) is 7.09. The number of nitrogens with one attached hydrogen (secondary N) is 1. The average molecular weight is 346 g/mol. The number of ether oxygens (including phenoxy) is 1. The maximum Gasteiger partial charge on any atom is 0.227 e. The summed E-state index contributed by atoms with van der Waals surface area (Å²) in [4.78, 5) is 16.1. The fourth-order valence-electron chi connectivity index (χ4n) is 2.56. The van der Waals surface area contributed by atoms with Crippen molar-refractivity contribution in [3.8, 4) is 5.75 Å². The number of amides is 1. The molecule has 0 saturated carbocycles. The first-order valence-corrected chi connectivity index (χ1v) is 9.07. The molecule has 4 nitrogen and oxygen atoms in total. The van der Waals surface area contributed by atoms with Crippen molar-refractivity contribution in [3.63, 3.8) is 0 Å². The number of benzene rings is 1. The van der Waals surface area contributed by atoms with Gasteiger partial charge in [0.25, 0.3) is 0 Å². The first kappa shape index (κ1) is 18.5. The van der Waals surface area contributed by atoms with E-state index >= 15 is 0 Å². The van der Waals surface area contributed by atoms with Gasteiger partial charge < -0.3 is 15.0 Å². The van der Waals surface area contributed by atoms with Crippen molar-refractivity contribution in [2.45, 2.75) is 18.8 Å². The van der Waals surface area contributed by atoms with Crippen molar-refractivity contribution in [1.29, 1.82) is 0 Å². The average Bonchev–Trinajstić information content (AvgIpc) is 3.09. The van der Waals surface area contributed by atoms with Crippen molar-refractivity contribution in [2.24, 2.45) is 0 Å². The van der Waals surface area contributed by atoms with Gasteiger partial charge >= 0.3 is 0 Å². The van der Waals surface area contributed by atoms with E-state index in [2.05, 4.69) is 21.7 Å². The summed E-state index contributed by atoms with van der Waals surface area (Å²) in [7, 11) is 5.73. The molecule has 0 saturated heterocycles. The van der Waals surface area contributed by atoms with Gasteiger partial charge in [0, 0.05) is 11.4 Å². The molecule has 5 heteroatoms. The molecule has 1 amide bonds. The normalized spacial score (nSPS) is 12.2. The van der Waals surface area contributed by atoms with Crippen LogP contribution >= 0.6 is 11.3 Å². The van der Waals surface area contributed by atoms with Crippen LogP contribution in [0.4, 0.5) is 0 Å². The topological polar surface area (TPSA) is 41.6 Å². The summed E-state index contributed by atoms with van der Waals surface area (Å²) in [6, 6.07) is 11.9. The van der Waals surface area contributed by atoms with Crippen molar-refractivity contribution < 1.29 is 9.53 Å². The highest BCUT2D eigenvalue weighted by atomic mass is 32.1. The summed E-state index contributed by atoms with van der Waals surface area (Å²) in [5, 5.41) is 5.14. The molecule has 2 aromatic rings. The Hall–Kier alpha value is -1.85. The number of hydrogen-bond donors (Lipinski definition) is 1. The first-order chi connectivity index (χ1) is 11.6. The third-order valence-corrected chi connectivity index (χ3v) is 4.80. The summed E-state index contributed by atoms with van der Waals surface area (Å²) >= 11 is 1.69. The molecule has 0 bridgehead atoms. The molecule has 0 aliphatic carbocycles. The van der Waals surface area contributed by atoms with Gasteiger partial charge in [-0.3, -0.25) is 4.79 Å². The molecule has 130 valence electrons. The van der Waals surface area contributed by atoms with Crippen LogP contribution in [0, 0.1) is 0 Å². The molecule has 1 heterocycles. The summed E-state index contributed by atoms with van der Waals surface area (Å²) in [5.74, 6) is 0.723. The van der Waals surface area contributed by atoms with Crippen molar-refractivity contribution in [1.82, 2.24) is 10.2 Å². The van der Waals surface area contributed by atoms with E-state index in [4.69, 9.17) is 4.74 Å². The molecule has 1 N–H and O–H groups in total. The number of rotatable bonds is 9. The van der Waals surface area contributed by atoms with E-state index in [0.717, 1.165) is 30.7 Å². The van der Waals surface area contributed by atoms with Crippen molar-refractivity contribution in [3.05, 3.63) is 52.2 Å². The zero-order valence-electron chi connectivity index (χ0n) is 14.6. The largest absolute Gasteiger partial charge is 0.497 e. The third-order valence-electron chi connectivity index (χ3n) is 3.90. The van der Waals surface area contributed by atoms with Crippen molar-refractivity contribution in [2.75, 3.05) is 34.3 Å². The van der Waals surface area contributed by atoms with Gasteiger partial charge in [-0.25, -0.2) is 0 Å². The minimum absolute atomic E-state index is 0.0901. The predicted molar refractivity (Wildman–Crippen MR) is 99.9 cm³/mol. The van der Waals surface area contributed by atoms with E-state index in [9.17, 15) is 4.79 Å². The smallest absolute Gasteiger partial charge is 0.227 e. The Kier molecular flexibility index (Phi) is 7.28. The maximum atomic E-state index is 12.7. The Bertz CT molecular complexity index is 609. The Morgan fingerprint density at radius 2 is 2.00 bits per heavy atom. The van der Waals surface area contributed by atoms with E-state index in [-0.39, 0.29) is 11.8 Å². The van der Waals surface area contributed by atoms with Crippen LogP contribution < -0.4 is 10.1 Å². The van der Waals surface area contributed by atoms with Gasteiger partial charge in [-0.05, 0) is 62.6 Å². The van der Waals surface area contributed by atoms with Gasteiger partial charge in [-0.2, -0.15) is 0 Å². The molecule has 0 spiro atoms. The van der Waals surface area contributed by atoms with Crippen LogP contribution in [0.3, 0.4) is 0 Å². The lowest BCUT2D eigenvalue weighted by Gasteiger charge is -2.18. The number of thiophene rings is 1. The minimum Gasteiger partial charge on any atom is -0.497 e. The Morgan fingerprint density at radius 1 is 1.25 bits per heavy atom. The fraction of sp³-hybridized carbons (Fsp3) is 0.421. The van der Waals surface area contributed by atoms with Crippen LogP contribution in [-0.2, 0) is 11.2 Å². The molecule has 0 radical (unpaired) electrons. The Balaban J connectivity index is 2.05. The van der Waals surface area contributed by atoms with E-state index in [1.807, 2.05) is 44.4 Å². The fourth-order valence-corrected chi connectivity index (χ4v) is 3.31. The summed E-state index contributed by atoms with van der Waals surface area (Å²) in [5.41, 5.74) is 1.02. The quantitative estimate of drug-likeness (QED) is 0.709. The van der Waals surface area contributed by atoms with Crippen LogP contribution in [0.2, 0.25) is 0 Å². The van der Waals surface area contributed by atoms with Gasteiger partial charge in [0.2, 0.25) is 5.91 Å². The van der Waals surface area contributed by atoms with E-state index in [0.29, 0.717) is 6.54 Å². The highest BCUT2D eigenvalue weighted by Crippen LogP contribution is 2.25. The Labute approximate surface area is 148 Å². The molecule has 0 aliphatic rings. The van der Waals surface area contributed by atoms with E-state index in [1.165, 1.54) is 4.88 Å². The van der Waals surface area contributed by atoms with Crippen LogP contribution in [0.15, 0.2) is 41.8 Å². The maximum absolute atomic E-state index is 12.7. The van der Waals surface area contributed by atoms with E-state index < -0.39 is 0 Å². The number of hydrogen-bond acceptors (Lipinski definition) is 4. The summed E-state index contributed by atoms with van der Waals surface area (Å²) < 4.78 is 5.21. The van der Waals surface area contributed by atoms with Crippen LogP contribution in [0.1, 0.15) is 22.8 Å². The standard InChI is InChI=1S/C19H26N2O2S/c1-21(2)12-5-11-20-19(22)18(14-17-6-4-13-24-17)15-7-9-16(23-3)10-8-15/h4,6-10,13,18H,5,11-12,14H2,1-3H3,(H,20,22). The van der Waals surface area contributed by atoms with E-state index in [1.54, 1.807) is 18.4 Å². The van der Waals surface area contributed by atoms with Gasteiger partial charge in [-0.15, -0.1) is 11.3 Å². The highest BCUT2D eigenvalue weighted by Gasteiger charge is 2.21. The van der Waals surface area contributed by atoms with Crippen molar-refractivity contribution >= 4 is 17.2 Å². The highest BCUT2D eigenvalue weighted by molar-refractivity contribution is 7.09. The van der Waals surface area contributed by atoms with Crippen LogP contribution in [0.25, 0.3) is 0 Å². The SMILES string of the molecule is COc1ccc(C(Cc2cccs2)C(=O)NCCCN(C)C)cc1. The van der Waals surface area contributed by atoms with Gasteiger partial charge in [-0.1, -0.05) is 18.2 Å². The molecular formula is C19H26N2O2S. The third kappa shape index (κ3) is 5.65. The number of carbonyl (C=O) groups is 1. The molecule has 1 atom stereocenters. The zero-order chi connectivity index (χ0) is 17.4. The summed E-state index contributed by atoms with van der Waals surface area (Å²) in [6.45, 7) is 1.67. The molecule has 0 aliphatic heterocycles. The van der Waals surface area contributed by atoms with Gasteiger partial charge in [0.15, 0.2) is 0 Å². The number of nitrogens with zero attached hydrogens (tertiary/aromatic N) is 1. The molecule has 1 aromatic carbocycles. The monoisotopic (exact) mass is 346 g/mol. The molecule has 1 unspecified atom stereocenters. The minimum atomic E-state index is -0.172. The zero-order valence-corrected chi connectivity index (χ0v) is 15.4. The summed E-state index contributed by atoms with van der Waals surface area (Å²) in [6.07, 6.45) is 1.68. The predicted octanol–water partition coefficient (Wildman–Crippen LogP) is 3.15. The molecule has 0 fully saturated rings. The second kappa shape index (κ2) is 9.45. The Morgan fingerprint density at radius 3 is 2.58 bits per heavy atom. The van der Waals surface area contributed by atoms with Crippen LogP contribution in [-0.4, -0.2) is 45.1 Å². The van der Waals surface area contributed by atoms with Gasteiger partial charge in [0.1, 0.15) is 5.75 Å². The lowest BCUT2D eigenvalue weighted by molar-refractivity contribution is -0.122. The number of carbonyl (C=O) groups excluding carboxylic acids is 1. The molecule has 24 heavy (non-hydrogen) atoms. The number of methoxy groups -OCH3 is 1. The first-order valence-electron chi connectivity index (χ1n) is 8.19. The molecular weight excluding hydrogens is 320 g/mol. The molecule has 2 rings (SSSR count). The second-order valence-electron chi connectivity index (χ2n) is 6.06. The van der Waals surface area contributed by atoms with Crippen LogP contribution in [0.5, 0.6) is 5.75 Å². The molecule has 1 aromatic heterocycles. The van der Waals surface area contributed by atoms with Gasteiger partial charge in [0.05, 0.1) is 13.0 Å². The lowest BCUT2D eigenvalue weighted by atomic mass is 9.94.